The molecule has 0 atom stereocenters. The Kier molecular flexibility index (Phi) is 7.09. The van der Waals surface area contributed by atoms with Crippen LogP contribution in [0.15, 0.2) is 164 Å². The summed E-state index contributed by atoms with van der Waals surface area (Å²) in [5.74, 6) is 0. The Morgan fingerprint density at radius 2 is 0.745 bits per heavy atom. The second-order valence-electron chi connectivity index (χ2n) is 15.1. The lowest BCUT2D eigenvalue weighted by Crippen LogP contribution is -2.24. The molecular weight excluding hydrogens is 617 g/mol. The molecule has 0 heterocycles. The molecule has 0 radical (unpaired) electrons. The van der Waals surface area contributed by atoms with E-state index in [9.17, 15) is 0 Å². The summed E-state index contributed by atoms with van der Waals surface area (Å²) in [6.45, 7) is 12.0. The van der Waals surface area contributed by atoms with Gasteiger partial charge in [-0.3, -0.25) is 0 Å². The van der Waals surface area contributed by atoms with Crippen molar-refractivity contribution in [2.75, 3.05) is 9.80 Å². The van der Waals surface area contributed by atoms with Crippen LogP contribution in [0.3, 0.4) is 0 Å². The Morgan fingerprint density at radius 1 is 0.353 bits per heavy atom. The van der Waals surface area contributed by atoms with E-state index in [0.29, 0.717) is 0 Å². The van der Waals surface area contributed by atoms with Gasteiger partial charge in [-0.25, -0.2) is 0 Å². The van der Waals surface area contributed by atoms with Gasteiger partial charge in [-0.15, -0.1) is 0 Å². The van der Waals surface area contributed by atoms with Gasteiger partial charge in [0.25, 0.3) is 0 Å². The fourth-order valence-electron chi connectivity index (χ4n) is 8.98. The van der Waals surface area contributed by atoms with Crippen LogP contribution in [-0.2, 0) is 10.8 Å². The van der Waals surface area contributed by atoms with Gasteiger partial charge in [0.1, 0.15) is 0 Å². The highest BCUT2D eigenvalue weighted by molar-refractivity contribution is 5.94. The average Bonchev–Trinajstić information content (AvgIpc) is 3.53. The zero-order chi connectivity index (χ0) is 34.9. The zero-order valence-electron chi connectivity index (χ0n) is 30.0. The molecule has 0 unspecified atom stereocenters. The molecule has 2 heteroatoms. The van der Waals surface area contributed by atoms with E-state index < -0.39 is 0 Å². The predicted octanol–water partition coefficient (Wildman–Crippen LogP) is 13.5. The quantitative estimate of drug-likeness (QED) is 0.175. The van der Waals surface area contributed by atoms with Crippen molar-refractivity contribution in [1.82, 2.24) is 0 Å². The van der Waals surface area contributed by atoms with Crippen molar-refractivity contribution in [1.29, 1.82) is 0 Å². The largest absolute Gasteiger partial charge is 0.310 e. The van der Waals surface area contributed by atoms with Crippen molar-refractivity contribution in [3.63, 3.8) is 0 Å². The van der Waals surface area contributed by atoms with E-state index in [0.717, 1.165) is 22.7 Å². The Balaban J connectivity index is 1.19. The van der Waals surface area contributed by atoms with Crippen molar-refractivity contribution in [3.8, 4) is 22.3 Å². The molecule has 0 aliphatic heterocycles. The Labute approximate surface area is 302 Å². The van der Waals surface area contributed by atoms with Crippen molar-refractivity contribution in [3.05, 3.63) is 192 Å². The van der Waals surface area contributed by atoms with Crippen LogP contribution in [0.1, 0.15) is 55.5 Å². The van der Waals surface area contributed by atoms with Crippen LogP contribution in [-0.4, -0.2) is 0 Å². The lowest BCUT2D eigenvalue weighted by Gasteiger charge is -2.32. The van der Waals surface area contributed by atoms with Gasteiger partial charge in [-0.05, 0) is 130 Å². The molecule has 7 aromatic rings. The van der Waals surface area contributed by atoms with Crippen molar-refractivity contribution < 1.29 is 0 Å². The molecule has 0 spiro atoms. The van der Waals surface area contributed by atoms with E-state index >= 15 is 0 Å². The summed E-state index contributed by atoms with van der Waals surface area (Å²) in [4.78, 5) is 4.77. The van der Waals surface area contributed by atoms with Crippen LogP contribution >= 0.6 is 0 Å². The van der Waals surface area contributed by atoms with Crippen molar-refractivity contribution in [2.45, 2.75) is 45.4 Å². The molecule has 0 fully saturated rings. The SMILES string of the molecule is Cc1cc(N(c2ccccc2)c2ccccc2)cc2c1-c1ccc3c(c1C2(C)C)C(C)(C)c1cc(N(c2ccccc2)c2ccccc2)ccc1-3. The maximum atomic E-state index is 2.46. The smallest absolute Gasteiger partial charge is 0.0467 e. The highest BCUT2D eigenvalue weighted by atomic mass is 15.1. The summed E-state index contributed by atoms with van der Waals surface area (Å²) >= 11 is 0. The van der Waals surface area contributed by atoms with Crippen LogP contribution in [0, 0.1) is 6.92 Å². The normalized spacial score (nSPS) is 14.3. The third-order valence-corrected chi connectivity index (χ3v) is 11.3. The number of nitrogens with zero attached hydrogens (tertiary/aromatic N) is 2. The summed E-state index contributed by atoms with van der Waals surface area (Å²) in [5, 5.41) is 0. The Morgan fingerprint density at radius 3 is 1.25 bits per heavy atom. The minimum absolute atomic E-state index is 0.193. The summed E-state index contributed by atoms with van der Waals surface area (Å²) in [5.41, 5.74) is 19.1. The van der Waals surface area contributed by atoms with E-state index in [2.05, 4.69) is 208 Å². The molecule has 0 bridgehead atoms. The first-order valence-corrected chi connectivity index (χ1v) is 18.0. The van der Waals surface area contributed by atoms with E-state index in [-0.39, 0.29) is 10.8 Å². The minimum Gasteiger partial charge on any atom is -0.310 e. The van der Waals surface area contributed by atoms with Crippen molar-refractivity contribution in [2.24, 2.45) is 0 Å². The van der Waals surface area contributed by atoms with E-state index in [1.54, 1.807) is 0 Å². The van der Waals surface area contributed by atoms with Gasteiger partial charge < -0.3 is 9.80 Å². The number of aryl methyl sites for hydroxylation is 1. The summed E-state index contributed by atoms with van der Waals surface area (Å²) in [6.07, 6.45) is 0. The predicted molar refractivity (Wildman–Crippen MR) is 216 cm³/mol. The molecule has 248 valence electrons. The molecule has 51 heavy (non-hydrogen) atoms. The Hall–Kier alpha value is -5.86. The third-order valence-electron chi connectivity index (χ3n) is 11.3. The van der Waals surface area contributed by atoms with Crippen LogP contribution in [0.5, 0.6) is 0 Å². The van der Waals surface area contributed by atoms with Crippen LogP contribution in [0.4, 0.5) is 34.1 Å². The number of anilines is 6. The molecule has 0 aromatic heterocycles. The molecule has 9 rings (SSSR count). The number of fused-ring (bicyclic) bond motifs is 7. The number of para-hydroxylation sites is 4. The van der Waals surface area contributed by atoms with Crippen molar-refractivity contribution >= 4 is 34.1 Å². The molecule has 0 saturated heterocycles. The summed E-state index contributed by atoms with van der Waals surface area (Å²) in [6, 6.07) is 59.6. The first-order chi connectivity index (χ1) is 24.7. The maximum absolute atomic E-state index is 2.46. The molecule has 0 saturated carbocycles. The molecule has 2 nitrogen and oxygen atoms in total. The third kappa shape index (κ3) is 4.77. The van der Waals surface area contributed by atoms with Crippen LogP contribution in [0.25, 0.3) is 22.3 Å². The summed E-state index contributed by atoms with van der Waals surface area (Å²) in [7, 11) is 0. The highest BCUT2D eigenvalue weighted by Gasteiger charge is 2.46. The van der Waals surface area contributed by atoms with Crippen LogP contribution in [0.2, 0.25) is 0 Å². The molecule has 7 aromatic carbocycles. The molecule has 2 aliphatic rings. The average molecular weight is 659 g/mol. The molecule has 0 amide bonds. The van der Waals surface area contributed by atoms with Crippen LogP contribution < -0.4 is 9.80 Å². The molecule has 2 aliphatic carbocycles. The standard InChI is InChI=1S/C49H42N2/c1-33-30-39(51(36-22-14-8-15-23-36)37-24-16-9-17-25-37)32-44-45(33)42-29-28-41-40-27-26-38(31-43(40)48(2,3)46(41)47(42)49(44,4)5)50(34-18-10-6-11-19-34)35-20-12-7-13-21-35/h6-32H,1-5H3. The number of benzene rings is 7. The minimum atomic E-state index is -0.196. The molecule has 0 N–H and O–H groups in total. The second kappa shape index (κ2) is 11.6. The first kappa shape index (κ1) is 31.1. The van der Waals surface area contributed by atoms with Gasteiger partial charge in [0.05, 0.1) is 0 Å². The van der Waals surface area contributed by atoms with Gasteiger partial charge in [-0.1, -0.05) is 119 Å². The van der Waals surface area contributed by atoms with Gasteiger partial charge in [0.15, 0.2) is 0 Å². The number of hydrogen-bond acceptors (Lipinski definition) is 2. The lowest BCUT2D eigenvalue weighted by atomic mass is 9.72. The van der Waals surface area contributed by atoms with E-state index in [1.165, 1.54) is 61.4 Å². The number of rotatable bonds is 6. The van der Waals surface area contributed by atoms with Gasteiger partial charge in [0, 0.05) is 45.0 Å². The van der Waals surface area contributed by atoms with Gasteiger partial charge in [-0.2, -0.15) is 0 Å². The van der Waals surface area contributed by atoms with Gasteiger partial charge in [0.2, 0.25) is 0 Å². The second-order valence-corrected chi connectivity index (χ2v) is 15.1. The summed E-state index contributed by atoms with van der Waals surface area (Å²) < 4.78 is 0. The van der Waals surface area contributed by atoms with E-state index in [1.807, 2.05) is 0 Å². The topological polar surface area (TPSA) is 6.48 Å². The van der Waals surface area contributed by atoms with Gasteiger partial charge >= 0.3 is 0 Å². The molecular formula is C49H42N2. The zero-order valence-corrected chi connectivity index (χ0v) is 30.0. The number of hydrogen-bond donors (Lipinski definition) is 0. The first-order valence-electron chi connectivity index (χ1n) is 18.0. The lowest BCUT2D eigenvalue weighted by molar-refractivity contribution is 0.601. The maximum Gasteiger partial charge on any atom is 0.0467 e. The Bertz CT molecular complexity index is 2330. The van der Waals surface area contributed by atoms with E-state index in [4.69, 9.17) is 0 Å². The highest BCUT2D eigenvalue weighted by Crippen LogP contribution is 2.60. The monoisotopic (exact) mass is 658 g/mol. The fourth-order valence-corrected chi connectivity index (χ4v) is 8.98. The fraction of sp³-hybridized carbons (Fsp3) is 0.143.